The molecule has 1 aliphatic carbocycles. The number of primary amides is 1. The molecule has 22 heavy (non-hydrogen) atoms. The standard InChI is InChI=1S/C15H14N6O/c16-13(22)7-12-9-4-5-11-10(8-18-19-11)15(9)21(20-12)14-3-1-2-6-17-14/h1-3,6,8H,4-5,7H2,(H2,16,22)(H,18,19). The Bertz CT molecular complexity index is 848. The summed E-state index contributed by atoms with van der Waals surface area (Å²) in [5.41, 5.74) is 10.2. The molecule has 7 heteroatoms. The first-order valence-electron chi connectivity index (χ1n) is 7.07. The average molecular weight is 294 g/mol. The molecule has 3 heterocycles. The van der Waals surface area contributed by atoms with Crippen LogP contribution in [0, 0.1) is 0 Å². The summed E-state index contributed by atoms with van der Waals surface area (Å²) < 4.78 is 1.78. The maximum absolute atomic E-state index is 11.3. The van der Waals surface area contributed by atoms with Crippen LogP contribution in [0.5, 0.6) is 0 Å². The van der Waals surface area contributed by atoms with Crippen LogP contribution >= 0.6 is 0 Å². The Morgan fingerprint density at radius 1 is 1.36 bits per heavy atom. The smallest absolute Gasteiger partial charge is 0.223 e. The predicted octanol–water partition coefficient (Wildman–Crippen LogP) is 0.784. The Labute approximate surface area is 126 Å². The zero-order valence-electron chi connectivity index (χ0n) is 11.8. The summed E-state index contributed by atoms with van der Waals surface area (Å²) in [5, 5.41) is 11.7. The molecule has 1 amide bonds. The van der Waals surface area contributed by atoms with E-state index in [1.54, 1.807) is 17.1 Å². The first kappa shape index (κ1) is 12.8. The number of hydrogen-bond donors (Lipinski definition) is 2. The van der Waals surface area contributed by atoms with E-state index < -0.39 is 0 Å². The minimum Gasteiger partial charge on any atom is -0.369 e. The highest BCUT2D eigenvalue weighted by molar-refractivity contribution is 5.78. The van der Waals surface area contributed by atoms with Gasteiger partial charge in [0, 0.05) is 23.0 Å². The lowest BCUT2D eigenvalue weighted by molar-refractivity contribution is -0.117. The molecule has 0 saturated carbocycles. The lowest BCUT2D eigenvalue weighted by Gasteiger charge is -2.14. The molecule has 3 aromatic rings. The normalized spacial score (nSPS) is 12.7. The summed E-state index contributed by atoms with van der Waals surface area (Å²) in [5.74, 6) is 0.329. The van der Waals surface area contributed by atoms with Gasteiger partial charge in [-0.05, 0) is 25.0 Å². The fraction of sp³-hybridized carbons (Fsp3) is 0.200. The van der Waals surface area contributed by atoms with E-state index in [0.717, 1.165) is 41.1 Å². The number of fused-ring (bicyclic) bond motifs is 3. The molecule has 0 fully saturated rings. The van der Waals surface area contributed by atoms with Crippen LogP contribution in [0.4, 0.5) is 0 Å². The molecule has 0 aliphatic heterocycles. The lowest BCUT2D eigenvalue weighted by Crippen LogP contribution is -2.15. The molecule has 0 unspecified atom stereocenters. The number of aromatic nitrogens is 5. The molecule has 110 valence electrons. The van der Waals surface area contributed by atoms with Gasteiger partial charge in [0.05, 0.1) is 24.0 Å². The Morgan fingerprint density at radius 3 is 3.05 bits per heavy atom. The van der Waals surface area contributed by atoms with Crippen LogP contribution in [0.25, 0.3) is 17.1 Å². The number of carbonyl (C=O) groups excluding carboxylic acids is 1. The average Bonchev–Trinajstić information content (AvgIpc) is 3.12. The zero-order valence-corrected chi connectivity index (χ0v) is 11.8. The fourth-order valence-corrected chi connectivity index (χ4v) is 2.94. The van der Waals surface area contributed by atoms with Crippen molar-refractivity contribution in [3.63, 3.8) is 0 Å². The maximum Gasteiger partial charge on any atom is 0.223 e. The van der Waals surface area contributed by atoms with Gasteiger partial charge in [0.15, 0.2) is 5.82 Å². The summed E-state index contributed by atoms with van der Waals surface area (Å²) in [4.78, 5) is 15.7. The molecule has 0 spiro atoms. The van der Waals surface area contributed by atoms with Gasteiger partial charge in [-0.15, -0.1) is 0 Å². The number of carbonyl (C=O) groups is 1. The van der Waals surface area contributed by atoms with Gasteiger partial charge in [-0.2, -0.15) is 10.2 Å². The van der Waals surface area contributed by atoms with Crippen molar-refractivity contribution in [3.8, 4) is 17.1 Å². The Hall–Kier alpha value is -2.96. The number of pyridine rings is 1. The van der Waals surface area contributed by atoms with Gasteiger partial charge in [0.1, 0.15) is 0 Å². The van der Waals surface area contributed by atoms with Gasteiger partial charge in [0.25, 0.3) is 0 Å². The second kappa shape index (κ2) is 4.80. The molecule has 3 aromatic heterocycles. The van der Waals surface area contributed by atoms with Gasteiger partial charge >= 0.3 is 0 Å². The third-order valence-corrected chi connectivity index (χ3v) is 3.87. The second-order valence-electron chi connectivity index (χ2n) is 5.28. The summed E-state index contributed by atoms with van der Waals surface area (Å²) in [7, 11) is 0. The SMILES string of the molecule is NC(=O)Cc1nn(-c2ccccn2)c2c1CCc1[nH]ncc1-2. The van der Waals surface area contributed by atoms with Crippen molar-refractivity contribution in [2.45, 2.75) is 19.3 Å². The van der Waals surface area contributed by atoms with Crippen molar-refractivity contribution < 1.29 is 4.79 Å². The first-order chi connectivity index (χ1) is 10.7. The van der Waals surface area contributed by atoms with Crippen LogP contribution in [0.3, 0.4) is 0 Å². The number of nitrogens with two attached hydrogens (primary N) is 1. The van der Waals surface area contributed by atoms with E-state index in [0.29, 0.717) is 5.82 Å². The molecule has 3 N–H and O–H groups in total. The summed E-state index contributed by atoms with van der Waals surface area (Å²) >= 11 is 0. The largest absolute Gasteiger partial charge is 0.369 e. The summed E-state index contributed by atoms with van der Waals surface area (Å²) in [6, 6.07) is 5.64. The van der Waals surface area contributed by atoms with E-state index in [9.17, 15) is 4.79 Å². The van der Waals surface area contributed by atoms with E-state index in [4.69, 9.17) is 5.73 Å². The minimum absolute atomic E-state index is 0.134. The number of rotatable bonds is 3. The number of H-pyrrole nitrogens is 1. The molecule has 0 aromatic carbocycles. The second-order valence-corrected chi connectivity index (χ2v) is 5.28. The third-order valence-electron chi connectivity index (χ3n) is 3.87. The molecule has 0 atom stereocenters. The summed E-state index contributed by atoms with van der Waals surface area (Å²) in [6.07, 6.45) is 5.30. The van der Waals surface area contributed by atoms with Crippen LogP contribution < -0.4 is 5.73 Å². The highest BCUT2D eigenvalue weighted by Crippen LogP contribution is 2.35. The number of aryl methyl sites for hydroxylation is 1. The van der Waals surface area contributed by atoms with Crippen molar-refractivity contribution in [2.24, 2.45) is 5.73 Å². The number of nitrogens with zero attached hydrogens (tertiary/aromatic N) is 4. The number of hydrogen-bond acceptors (Lipinski definition) is 4. The van der Waals surface area contributed by atoms with Crippen LogP contribution in [0.2, 0.25) is 0 Å². The molecule has 0 bridgehead atoms. The van der Waals surface area contributed by atoms with Crippen LogP contribution in [0.15, 0.2) is 30.6 Å². The molecular weight excluding hydrogens is 280 g/mol. The Kier molecular flexibility index (Phi) is 2.78. The van der Waals surface area contributed by atoms with Crippen molar-refractivity contribution in [1.82, 2.24) is 25.0 Å². The van der Waals surface area contributed by atoms with Gasteiger partial charge in [-0.1, -0.05) is 6.07 Å². The first-order valence-corrected chi connectivity index (χ1v) is 7.07. The van der Waals surface area contributed by atoms with Crippen molar-refractivity contribution in [2.75, 3.05) is 0 Å². The van der Waals surface area contributed by atoms with Gasteiger partial charge < -0.3 is 5.73 Å². The van der Waals surface area contributed by atoms with Crippen molar-refractivity contribution in [3.05, 3.63) is 47.5 Å². The van der Waals surface area contributed by atoms with Crippen LogP contribution in [0.1, 0.15) is 17.0 Å². The number of aromatic amines is 1. The topological polar surface area (TPSA) is 102 Å². The van der Waals surface area contributed by atoms with E-state index in [-0.39, 0.29) is 12.3 Å². The summed E-state index contributed by atoms with van der Waals surface area (Å²) in [6.45, 7) is 0. The molecule has 7 nitrogen and oxygen atoms in total. The molecule has 0 saturated heterocycles. The monoisotopic (exact) mass is 294 g/mol. The Balaban J connectivity index is 1.96. The molecule has 4 rings (SSSR count). The minimum atomic E-state index is -0.383. The number of amides is 1. The van der Waals surface area contributed by atoms with Crippen molar-refractivity contribution >= 4 is 5.91 Å². The van der Waals surface area contributed by atoms with Crippen LogP contribution in [-0.4, -0.2) is 30.9 Å². The lowest BCUT2D eigenvalue weighted by atomic mass is 9.93. The quantitative estimate of drug-likeness (QED) is 0.745. The van der Waals surface area contributed by atoms with E-state index >= 15 is 0 Å². The molecule has 0 radical (unpaired) electrons. The van der Waals surface area contributed by atoms with E-state index in [1.165, 1.54) is 0 Å². The van der Waals surface area contributed by atoms with E-state index in [2.05, 4.69) is 20.3 Å². The highest BCUT2D eigenvalue weighted by Gasteiger charge is 2.27. The Morgan fingerprint density at radius 2 is 2.27 bits per heavy atom. The zero-order chi connectivity index (χ0) is 15.1. The fourth-order valence-electron chi connectivity index (χ4n) is 2.94. The number of nitrogens with one attached hydrogen (secondary N) is 1. The van der Waals surface area contributed by atoms with E-state index in [1.807, 2.05) is 18.2 Å². The third kappa shape index (κ3) is 1.90. The van der Waals surface area contributed by atoms with Gasteiger partial charge in [-0.3, -0.25) is 9.89 Å². The highest BCUT2D eigenvalue weighted by atomic mass is 16.1. The predicted molar refractivity (Wildman–Crippen MR) is 79.2 cm³/mol. The van der Waals surface area contributed by atoms with Crippen molar-refractivity contribution in [1.29, 1.82) is 0 Å². The maximum atomic E-state index is 11.3. The van der Waals surface area contributed by atoms with Crippen LogP contribution in [-0.2, 0) is 24.1 Å². The molecular formula is C15H14N6O. The van der Waals surface area contributed by atoms with Gasteiger partial charge in [-0.25, -0.2) is 9.67 Å². The molecule has 1 aliphatic rings. The van der Waals surface area contributed by atoms with Gasteiger partial charge in [0.2, 0.25) is 5.91 Å².